The highest BCUT2D eigenvalue weighted by Gasteiger charge is 2.53. The molecule has 1 N–H and O–H groups in total. The molecule has 2 aliphatic carbocycles. The lowest BCUT2D eigenvalue weighted by molar-refractivity contribution is -0.208. The molecule has 33 heavy (non-hydrogen) atoms. The van der Waals surface area contributed by atoms with Gasteiger partial charge in [-0.05, 0) is 32.6 Å². The molecule has 0 atom stereocenters. The molecule has 0 unspecified atom stereocenters. The number of aliphatic hydroxyl groups excluding tert-OH is 1. The predicted octanol–water partition coefficient (Wildman–Crippen LogP) is 3.67. The molecular formula is C22H34F4O7. The van der Waals surface area contributed by atoms with Gasteiger partial charge in [0, 0.05) is 37.5 Å². The molecule has 0 aromatic carbocycles. The van der Waals surface area contributed by atoms with Crippen LogP contribution in [0.4, 0.5) is 17.6 Å². The lowest BCUT2D eigenvalue weighted by Crippen LogP contribution is -2.44. The summed E-state index contributed by atoms with van der Waals surface area (Å²) in [5, 5.41) is 8.59. The van der Waals surface area contributed by atoms with Crippen LogP contribution in [0.1, 0.15) is 58.3 Å². The monoisotopic (exact) mass is 486 g/mol. The van der Waals surface area contributed by atoms with E-state index in [1.165, 1.54) is 6.92 Å². The molecule has 2 spiro atoms. The van der Waals surface area contributed by atoms with Crippen LogP contribution in [0.2, 0.25) is 0 Å². The largest absolute Gasteiger partial charge is 0.462 e. The molecular weight excluding hydrogens is 452 g/mol. The molecule has 0 bridgehead atoms. The average Bonchev–Trinajstić information content (AvgIpc) is 3.45. The van der Waals surface area contributed by atoms with Crippen LogP contribution in [0, 0.1) is 11.8 Å². The summed E-state index contributed by atoms with van der Waals surface area (Å²) >= 11 is 0. The average molecular weight is 486 g/mol. The maximum Gasteiger partial charge on any atom is 0.377 e. The van der Waals surface area contributed by atoms with Crippen molar-refractivity contribution in [2.24, 2.45) is 11.8 Å². The van der Waals surface area contributed by atoms with Gasteiger partial charge in [0.15, 0.2) is 11.6 Å². The van der Waals surface area contributed by atoms with E-state index in [0.29, 0.717) is 65.0 Å². The third-order valence-electron chi connectivity index (χ3n) is 6.99. The first-order valence-corrected chi connectivity index (χ1v) is 11.7. The highest BCUT2D eigenvalue weighted by molar-refractivity contribution is 5.77. The number of hydrogen-bond donors (Lipinski definition) is 1. The Labute approximate surface area is 191 Å². The second kappa shape index (κ2) is 10.7. The summed E-state index contributed by atoms with van der Waals surface area (Å²) in [4.78, 5) is 11.2. The van der Waals surface area contributed by atoms with Gasteiger partial charge in [0.05, 0.1) is 33.0 Å². The standard InChI is InChI=1S/C12H18F2O4.C10H16F2O3/c1-2-16-10(15)12(13,14)9-3-5-11(6-4-9)17-7-8-18-11;11-10(12,7-13)8-1-3-9(4-2-8)14-5-6-15-9/h9H,2-8H2,1H3;8,13H,1-7H2. The summed E-state index contributed by atoms with van der Waals surface area (Å²) in [6.07, 6.45) is 2.97. The van der Waals surface area contributed by atoms with Gasteiger partial charge in [-0.2, -0.15) is 8.78 Å². The Bertz CT molecular complexity index is 629. The number of aliphatic hydroxyl groups is 1. The fraction of sp³-hybridized carbons (Fsp3) is 0.955. The van der Waals surface area contributed by atoms with Gasteiger partial charge >= 0.3 is 11.9 Å². The van der Waals surface area contributed by atoms with E-state index < -0.39 is 47.8 Å². The van der Waals surface area contributed by atoms with Gasteiger partial charge in [-0.25, -0.2) is 13.6 Å². The number of carbonyl (C=O) groups is 1. The van der Waals surface area contributed by atoms with Gasteiger partial charge in [0.25, 0.3) is 5.92 Å². The van der Waals surface area contributed by atoms with E-state index in [2.05, 4.69) is 4.74 Å². The lowest BCUT2D eigenvalue weighted by Gasteiger charge is -2.37. The van der Waals surface area contributed by atoms with E-state index in [9.17, 15) is 22.4 Å². The fourth-order valence-electron chi connectivity index (χ4n) is 4.99. The Hall–Kier alpha value is -1.01. The second-order valence-electron chi connectivity index (χ2n) is 9.03. The van der Waals surface area contributed by atoms with Crippen molar-refractivity contribution in [3.8, 4) is 0 Å². The first-order chi connectivity index (χ1) is 15.6. The number of esters is 1. The van der Waals surface area contributed by atoms with E-state index in [-0.39, 0.29) is 19.4 Å². The minimum absolute atomic E-state index is 0.0305. The maximum absolute atomic E-state index is 13.8. The van der Waals surface area contributed by atoms with Crippen LogP contribution < -0.4 is 0 Å². The van der Waals surface area contributed by atoms with Crippen molar-refractivity contribution in [2.75, 3.05) is 39.6 Å². The number of alkyl halides is 4. The van der Waals surface area contributed by atoms with Gasteiger partial charge in [0.1, 0.15) is 6.61 Å². The first-order valence-electron chi connectivity index (χ1n) is 11.7. The molecule has 4 fully saturated rings. The number of hydrogen-bond acceptors (Lipinski definition) is 7. The van der Waals surface area contributed by atoms with Crippen molar-refractivity contribution in [1.29, 1.82) is 0 Å². The molecule has 2 saturated carbocycles. The van der Waals surface area contributed by atoms with Crippen LogP contribution in [0.15, 0.2) is 0 Å². The Balaban J connectivity index is 0.000000189. The van der Waals surface area contributed by atoms with Crippen LogP contribution in [0.25, 0.3) is 0 Å². The normalized spacial score (nSPS) is 27.4. The Morgan fingerprint density at radius 2 is 1.24 bits per heavy atom. The Kier molecular flexibility index (Phi) is 8.64. The number of ether oxygens (including phenoxy) is 5. The number of carbonyl (C=O) groups excluding carboxylic acids is 1. The van der Waals surface area contributed by atoms with Crippen LogP contribution in [0.5, 0.6) is 0 Å². The topological polar surface area (TPSA) is 83.5 Å². The SMILES string of the molecule is CCOC(=O)C(F)(F)C1CCC2(CC1)OCCO2.OCC(F)(F)C1CCC2(CC1)OCCO2. The lowest BCUT2D eigenvalue weighted by atomic mass is 9.81. The van der Waals surface area contributed by atoms with Crippen LogP contribution in [0.3, 0.4) is 0 Å². The molecule has 0 aromatic rings. The summed E-state index contributed by atoms with van der Waals surface area (Å²) in [6, 6.07) is 0. The van der Waals surface area contributed by atoms with Crippen LogP contribution >= 0.6 is 0 Å². The molecule has 2 heterocycles. The molecule has 11 heteroatoms. The molecule has 0 amide bonds. The Morgan fingerprint density at radius 1 is 0.848 bits per heavy atom. The number of rotatable bonds is 5. The van der Waals surface area contributed by atoms with Crippen molar-refractivity contribution >= 4 is 5.97 Å². The van der Waals surface area contributed by atoms with Crippen LogP contribution in [-0.2, 0) is 28.5 Å². The zero-order valence-electron chi connectivity index (χ0n) is 19.0. The van der Waals surface area contributed by atoms with Gasteiger partial charge in [0.2, 0.25) is 0 Å². The zero-order chi connectivity index (χ0) is 24.2. The van der Waals surface area contributed by atoms with Gasteiger partial charge < -0.3 is 28.8 Å². The molecule has 4 aliphatic rings. The molecule has 0 aromatic heterocycles. The molecule has 192 valence electrons. The van der Waals surface area contributed by atoms with Gasteiger partial charge in [-0.3, -0.25) is 0 Å². The Morgan fingerprint density at radius 3 is 1.61 bits per heavy atom. The zero-order valence-corrected chi connectivity index (χ0v) is 19.0. The summed E-state index contributed by atoms with van der Waals surface area (Å²) < 4.78 is 80.2. The molecule has 0 radical (unpaired) electrons. The quantitative estimate of drug-likeness (QED) is 0.469. The molecule has 7 nitrogen and oxygen atoms in total. The van der Waals surface area contributed by atoms with E-state index in [4.69, 9.17) is 24.1 Å². The minimum atomic E-state index is -3.41. The van der Waals surface area contributed by atoms with E-state index in [1.54, 1.807) is 0 Å². The first kappa shape index (κ1) is 26.6. The molecule has 4 rings (SSSR count). The van der Waals surface area contributed by atoms with Crippen molar-refractivity contribution in [1.82, 2.24) is 0 Å². The van der Waals surface area contributed by atoms with Crippen molar-refractivity contribution in [3.63, 3.8) is 0 Å². The molecule has 2 saturated heterocycles. The van der Waals surface area contributed by atoms with Crippen molar-refractivity contribution in [2.45, 2.75) is 81.7 Å². The van der Waals surface area contributed by atoms with Crippen molar-refractivity contribution < 1.29 is 51.1 Å². The minimum Gasteiger partial charge on any atom is -0.462 e. The van der Waals surface area contributed by atoms with Crippen molar-refractivity contribution in [3.05, 3.63) is 0 Å². The number of halogens is 4. The fourth-order valence-corrected chi connectivity index (χ4v) is 4.99. The summed E-state index contributed by atoms with van der Waals surface area (Å²) in [6.45, 7) is 2.56. The van der Waals surface area contributed by atoms with Crippen LogP contribution in [-0.4, -0.2) is 74.1 Å². The highest BCUT2D eigenvalue weighted by Crippen LogP contribution is 2.45. The van der Waals surface area contributed by atoms with E-state index in [0.717, 1.165) is 0 Å². The summed E-state index contributed by atoms with van der Waals surface area (Å²) in [5.74, 6) is -10.8. The predicted molar refractivity (Wildman–Crippen MR) is 107 cm³/mol. The third-order valence-corrected chi connectivity index (χ3v) is 6.99. The van der Waals surface area contributed by atoms with E-state index in [1.807, 2.05) is 0 Å². The summed E-state index contributed by atoms with van der Waals surface area (Å²) in [5.41, 5.74) is 0. The smallest absolute Gasteiger partial charge is 0.377 e. The highest BCUT2D eigenvalue weighted by atomic mass is 19.3. The second-order valence-corrected chi connectivity index (χ2v) is 9.03. The van der Waals surface area contributed by atoms with E-state index >= 15 is 0 Å². The third kappa shape index (κ3) is 6.17. The maximum atomic E-state index is 13.8. The molecule has 2 aliphatic heterocycles. The van der Waals surface area contributed by atoms with Gasteiger partial charge in [-0.15, -0.1) is 0 Å². The summed E-state index contributed by atoms with van der Waals surface area (Å²) in [7, 11) is 0. The van der Waals surface area contributed by atoms with Gasteiger partial charge in [-0.1, -0.05) is 0 Å².